The molecule has 0 radical (unpaired) electrons. The molecule has 0 aromatic carbocycles. The average Bonchev–Trinajstić information content (AvgIpc) is 2.45. The minimum atomic E-state index is -1.15. The molecule has 0 spiro atoms. The number of urea groups is 2. The van der Waals surface area contributed by atoms with Gasteiger partial charge in [0.1, 0.15) is 6.67 Å². The molecule has 23 heavy (non-hydrogen) atoms. The summed E-state index contributed by atoms with van der Waals surface area (Å²) in [6.45, 7) is 13.6. The van der Waals surface area contributed by atoms with Gasteiger partial charge in [-0.25, -0.2) is 19.4 Å². The molecule has 1 aliphatic heterocycles. The van der Waals surface area contributed by atoms with Crippen LogP contribution in [0.2, 0.25) is 0 Å². The molecule has 1 aliphatic rings. The molecule has 1 saturated heterocycles. The van der Waals surface area contributed by atoms with Crippen molar-refractivity contribution in [1.29, 1.82) is 0 Å². The summed E-state index contributed by atoms with van der Waals surface area (Å²) in [5, 5.41) is 0. The van der Waals surface area contributed by atoms with Gasteiger partial charge in [0.15, 0.2) is 0 Å². The zero-order valence-electron chi connectivity index (χ0n) is 13.2. The molecule has 0 saturated carbocycles. The summed E-state index contributed by atoms with van der Waals surface area (Å²) in [5.74, 6) is -2.61. The highest BCUT2D eigenvalue weighted by Gasteiger charge is 2.46. The summed E-state index contributed by atoms with van der Waals surface area (Å²) < 4.78 is 0. The maximum Gasteiger partial charge on any atom is 0.343 e. The zero-order chi connectivity index (χ0) is 18.1. The lowest BCUT2D eigenvalue weighted by molar-refractivity contribution is -0.134. The summed E-state index contributed by atoms with van der Waals surface area (Å²) in [6, 6.07) is -2.30. The van der Waals surface area contributed by atoms with Crippen molar-refractivity contribution in [2.24, 2.45) is 0 Å². The van der Waals surface area contributed by atoms with Crippen LogP contribution in [0.3, 0.4) is 0 Å². The first kappa shape index (κ1) is 18.0. The van der Waals surface area contributed by atoms with E-state index in [1.807, 2.05) is 0 Å². The largest absolute Gasteiger partial charge is 0.343 e. The number of imide groups is 5. The van der Waals surface area contributed by atoms with E-state index in [-0.39, 0.29) is 21.6 Å². The molecule has 8 heteroatoms. The monoisotopic (exact) mass is 319 g/mol. The van der Waals surface area contributed by atoms with Crippen LogP contribution in [-0.4, -0.2) is 51.2 Å². The van der Waals surface area contributed by atoms with Gasteiger partial charge in [0, 0.05) is 16.7 Å². The van der Waals surface area contributed by atoms with E-state index in [0.29, 0.717) is 9.80 Å². The number of hydrogen-bond donors (Lipinski definition) is 0. The lowest BCUT2D eigenvalue weighted by Crippen LogP contribution is -2.65. The van der Waals surface area contributed by atoms with Crippen molar-refractivity contribution in [3.63, 3.8) is 0 Å². The third-order valence-electron chi connectivity index (χ3n) is 2.92. The molecule has 7 amide bonds. The van der Waals surface area contributed by atoms with Gasteiger partial charge in [-0.15, -0.1) is 0 Å². The van der Waals surface area contributed by atoms with Crippen LogP contribution in [0, 0.1) is 0 Å². The molecule has 1 fully saturated rings. The highest BCUT2D eigenvalue weighted by molar-refractivity contribution is 6.22. The summed E-state index contributed by atoms with van der Waals surface area (Å²) in [7, 11) is 0. The smallest absolute Gasteiger partial charge is 0.269 e. The molecule has 0 aromatic heterocycles. The number of rotatable bonds is 3. The fraction of sp³-hybridized carbons (Fsp3) is 0.267. The third-order valence-corrected chi connectivity index (χ3v) is 2.92. The van der Waals surface area contributed by atoms with Crippen LogP contribution in [0.5, 0.6) is 0 Å². The summed E-state index contributed by atoms with van der Waals surface area (Å²) in [4.78, 5) is 62.2. The maximum absolute atomic E-state index is 12.3. The van der Waals surface area contributed by atoms with E-state index < -0.39 is 36.5 Å². The third kappa shape index (κ3) is 3.25. The first-order chi connectivity index (χ1) is 10.5. The Kier molecular flexibility index (Phi) is 5.00. The first-order valence-electron chi connectivity index (χ1n) is 6.53. The van der Waals surface area contributed by atoms with Crippen LogP contribution < -0.4 is 0 Å². The molecule has 0 N–H and O–H groups in total. The molecular weight excluding hydrogens is 302 g/mol. The number of carbonyl (C=O) groups excluding carboxylic acids is 5. The Morgan fingerprint density at radius 3 is 1.30 bits per heavy atom. The predicted molar refractivity (Wildman–Crippen MR) is 80.6 cm³/mol. The first-order valence-corrected chi connectivity index (χ1v) is 6.53. The van der Waals surface area contributed by atoms with Crippen molar-refractivity contribution >= 4 is 29.8 Å². The van der Waals surface area contributed by atoms with Gasteiger partial charge in [-0.2, -0.15) is 4.90 Å². The van der Waals surface area contributed by atoms with Gasteiger partial charge >= 0.3 is 12.1 Å². The SMILES string of the molecule is C=C(C)C(=O)N1CN(C(=O)C(=C)C)C(=O)N(C(=O)C(=C)C)C1=O. The highest BCUT2D eigenvalue weighted by Crippen LogP contribution is 2.19. The topological polar surface area (TPSA) is 95.1 Å². The van der Waals surface area contributed by atoms with E-state index in [4.69, 9.17) is 0 Å². The minimum Gasteiger partial charge on any atom is -0.269 e. The number of nitrogens with zero attached hydrogens (tertiary/aromatic N) is 3. The van der Waals surface area contributed by atoms with E-state index in [1.54, 1.807) is 0 Å². The summed E-state index contributed by atoms with van der Waals surface area (Å²) in [6.07, 6.45) is 0. The standard InChI is InChI=1S/C15H17N3O5/c1-8(2)11(19)16-7-17(12(20)9(3)4)15(23)18(14(16)22)13(21)10(5)6/h1,3,5,7H2,2,4,6H3. The van der Waals surface area contributed by atoms with Crippen molar-refractivity contribution in [3.8, 4) is 0 Å². The number of hydrogen-bond acceptors (Lipinski definition) is 5. The average molecular weight is 319 g/mol. The summed E-state index contributed by atoms with van der Waals surface area (Å²) in [5.41, 5.74) is -0.0738. The van der Waals surface area contributed by atoms with Crippen LogP contribution in [0.15, 0.2) is 36.5 Å². The Bertz CT molecular complexity index is 633. The molecule has 1 rings (SSSR count). The molecule has 8 nitrogen and oxygen atoms in total. The second-order valence-electron chi connectivity index (χ2n) is 5.15. The van der Waals surface area contributed by atoms with Crippen LogP contribution in [-0.2, 0) is 14.4 Å². The molecule has 122 valence electrons. The van der Waals surface area contributed by atoms with Crippen molar-refractivity contribution in [3.05, 3.63) is 36.5 Å². The van der Waals surface area contributed by atoms with E-state index in [2.05, 4.69) is 19.7 Å². The second kappa shape index (κ2) is 6.39. The van der Waals surface area contributed by atoms with Gasteiger partial charge in [-0.3, -0.25) is 14.4 Å². The fourth-order valence-corrected chi connectivity index (χ4v) is 1.71. The maximum atomic E-state index is 12.3. The van der Waals surface area contributed by atoms with Crippen LogP contribution >= 0.6 is 0 Å². The fourth-order valence-electron chi connectivity index (χ4n) is 1.71. The molecule has 0 aromatic rings. The van der Waals surface area contributed by atoms with Crippen LogP contribution in [0.1, 0.15) is 20.8 Å². The van der Waals surface area contributed by atoms with Gasteiger partial charge in [0.2, 0.25) is 0 Å². The highest BCUT2D eigenvalue weighted by atomic mass is 16.2. The Morgan fingerprint density at radius 2 is 1.04 bits per heavy atom. The van der Waals surface area contributed by atoms with Gasteiger partial charge < -0.3 is 0 Å². The zero-order valence-corrected chi connectivity index (χ0v) is 13.2. The van der Waals surface area contributed by atoms with Crippen molar-refractivity contribution in [2.45, 2.75) is 20.8 Å². The van der Waals surface area contributed by atoms with Crippen molar-refractivity contribution in [2.75, 3.05) is 6.67 Å². The van der Waals surface area contributed by atoms with Crippen molar-refractivity contribution in [1.82, 2.24) is 14.7 Å². The number of amides is 7. The molecule has 0 bridgehead atoms. The van der Waals surface area contributed by atoms with Crippen LogP contribution in [0.4, 0.5) is 9.59 Å². The van der Waals surface area contributed by atoms with E-state index >= 15 is 0 Å². The van der Waals surface area contributed by atoms with E-state index in [9.17, 15) is 24.0 Å². The van der Waals surface area contributed by atoms with Crippen LogP contribution in [0.25, 0.3) is 0 Å². The lowest BCUT2D eigenvalue weighted by atomic mass is 10.2. The number of carbonyl (C=O) groups is 5. The lowest BCUT2D eigenvalue weighted by Gasteiger charge is -2.37. The Balaban J connectivity index is 3.39. The Morgan fingerprint density at radius 1 is 0.739 bits per heavy atom. The van der Waals surface area contributed by atoms with Gasteiger partial charge in [-0.1, -0.05) is 19.7 Å². The second-order valence-corrected chi connectivity index (χ2v) is 5.15. The molecule has 1 heterocycles. The molecule has 0 aliphatic carbocycles. The quantitative estimate of drug-likeness (QED) is 0.733. The normalized spacial score (nSPS) is 14.7. The van der Waals surface area contributed by atoms with Gasteiger partial charge in [0.05, 0.1) is 0 Å². The van der Waals surface area contributed by atoms with Gasteiger partial charge in [-0.05, 0) is 20.8 Å². The predicted octanol–water partition coefficient (Wildman–Crippen LogP) is 1.41. The molecular formula is C15H17N3O5. The Labute approximate surface area is 133 Å². The molecule has 0 atom stereocenters. The summed E-state index contributed by atoms with van der Waals surface area (Å²) >= 11 is 0. The van der Waals surface area contributed by atoms with E-state index in [1.165, 1.54) is 20.8 Å². The minimum absolute atomic E-state index is 0.0122. The molecule has 0 unspecified atom stereocenters. The Hall–Kier alpha value is -3.03. The van der Waals surface area contributed by atoms with Crippen molar-refractivity contribution < 1.29 is 24.0 Å². The van der Waals surface area contributed by atoms with E-state index in [0.717, 1.165) is 0 Å². The van der Waals surface area contributed by atoms with Gasteiger partial charge in [0.25, 0.3) is 17.7 Å².